The molecule has 0 aromatic carbocycles. The van der Waals surface area contributed by atoms with Gasteiger partial charge in [0, 0.05) is 5.92 Å². The number of fused-ring (bicyclic) bond motifs is 9. The molecule has 17 heteroatoms. The van der Waals surface area contributed by atoms with Crippen molar-refractivity contribution in [1.29, 1.82) is 0 Å². The van der Waals surface area contributed by atoms with Gasteiger partial charge in [-0.1, -0.05) is 19.1 Å². The second kappa shape index (κ2) is 9.31. The average Bonchev–Trinajstić information content (AvgIpc) is 3.69. The predicted octanol–water partition coefficient (Wildman–Crippen LogP) is -1.82. The normalized spacial score (nSPS) is 49.9. The second-order valence-corrected chi connectivity index (χ2v) is 15.1. The Labute approximate surface area is 278 Å². The molecule has 12 atom stereocenters. The van der Waals surface area contributed by atoms with E-state index in [9.17, 15) is 57.5 Å². The second-order valence-electron chi connectivity index (χ2n) is 15.1. The van der Waals surface area contributed by atoms with E-state index in [4.69, 9.17) is 9.47 Å². The molecule has 258 valence electrons. The maximum atomic E-state index is 11.9. The van der Waals surface area contributed by atoms with Gasteiger partial charge < -0.3 is 23.7 Å². The molecule has 5 saturated heterocycles. The zero-order valence-electron chi connectivity index (χ0n) is 25.9. The van der Waals surface area contributed by atoms with Gasteiger partial charge in [0.2, 0.25) is 0 Å². The van der Waals surface area contributed by atoms with Gasteiger partial charge in [-0.15, -0.1) is 0 Å². The van der Waals surface area contributed by atoms with Gasteiger partial charge >= 0.3 is 59.7 Å². The van der Waals surface area contributed by atoms with Gasteiger partial charge in [-0.2, -0.15) is 0 Å². The highest BCUT2D eigenvalue weighted by molar-refractivity contribution is 6.20. The van der Waals surface area contributed by atoms with E-state index in [0.29, 0.717) is 0 Å². The number of rotatable bonds is 0. The Bertz CT molecular complexity index is 1750. The third kappa shape index (κ3) is 3.24. The summed E-state index contributed by atoms with van der Waals surface area (Å²) in [5.41, 5.74) is -2.11. The van der Waals surface area contributed by atoms with Gasteiger partial charge in [0.1, 0.15) is 11.6 Å². The maximum absolute atomic E-state index is 11.9. The molecule has 0 radical (unpaired) electrons. The van der Waals surface area contributed by atoms with Crippen molar-refractivity contribution in [3.63, 3.8) is 0 Å². The van der Waals surface area contributed by atoms with E-state index in [1.807, 2.05) is 12.2 Å². The van der Waals surface area contributed by atoms with Gasteiger partial charge in [0.05, 0.1) is 70.5 Å². The Morgan fingerprint density at radius 2 is 0.800 bits per heavy atom. The molecular weight excluding hydrogens is 668 g/mol. The van der Waals surface area contributed by atoms with Crippen molar-refractivity contribution in [3.8, 4) is 0 Å². The summed E-state index contributed by atoms with van der Waals surface area (Å²) >= 11 is 0. The molecule has 12 rings (SSSR count). The van der Waals surface area contributed by atoms with Crippen LogP contribution in [-0.2, 0) is 81.2 Å². The smallest absolute Gasteiger partial charge is 0.321 e. The highest BCUT2D eigenvalue weighted by atomic mass is 16.6. The SMILES string of the molecule is CC12C(=O)CC(=O)C1C1(C)C(=O)OC(=O)C21.O=C1OC(=O)C2C1C1C(=O)OC(=O)C21.O=C1OC(=O)C2C3C=CC(C12)C1C2C(=O)OC(=O)C2C31. The molecule has 5 heterocycles. The fourth-order valence-electron chi connectivity index (χ4n) is 11.5. The van der Waals surface area contributed by atoms with Crippen molar-refractivity contribution >= 4 is 71.3 Å². The van der Waals surface area contributed by atoms with Crippen LogP contribution in [0.25, 0.3) is 0 Å². The first kappa shape index (κ1) is 30.8. The van der Waals surface area contributed by atoms with Crippen LogP contribution in [0.3, 0.4) is 0 Å². The number of hydrogen-bond donors (Lipinski definition) is 0. The lowest BCUT2D eigenvalue weighted by Gasteiger charge is -2.59. The molecule has 2 bridgehead atoms. The van der Waals surface area contributed by atoms with Crippen LogP contribution in [0.5, 0.6) is 0 Å². The minimum Gasteiger partial charge on any atom is -0.393 e. The fraction of sp³-hybridized carbons (Fsp3) is 0.576. The van der Waals surface area contributed by atoms with Crippen LogP contribution in [0.2, 0.25) is 0 Å². The number of Topliss-reactive ketones (excluding diaryl/α,β-unsaturated/α-hetero) is 2. The molecule has 5 aliphatic heterocycles. The molecular formula is C33H24O17. The first-order valence-corrected chi connectivity index (χ1v) is 16.1. The summed E-state index contributed by atoms with van der Waals surface area (Å²) in [5.74, 6) is -13.5. The number of carbonyl (C=O) groups excluding carboxylic acids is 12. The van der Waals surface area contributed by atoms with E-state index < -0.39 is 130 Å². The number of esters is 10. The molecule has 0 N–H and O–H groups in total. The van der Waals surface area contributed by atoms with E-state index in [2.05, 4.69) is 14.2 Å². The summed E-state index contributed by atoms with van der Waals surface area (Å²) in [5, 5.41) is 0. The quantitative estimate of drug-likeness (QED) is 0.117. The summed E-state index contributed by atoms with van der Waals surface area (Å²) in [6, 6.07) is 0. The highest BCUT2D eigenvalue weighted by Crippen LogP contribution is 2.71. The number of ketones is 2. The first-order valence-electron chi connectivity index (χ1n) is 16.1. The molecule has 0 aromatic rings. The first-order chi connectivity index (χ1) is 23.5. The summed E-state index contributed by atoms with van der Waals surface area (Å²) in [7, 11) is 0. The summed E-state index contributed by atoms with van der Waals surface area (Å²) in [4.78, 5) is 138. The molecule has 0 spiro atoms. The Hall–Kier alpha value is -5.22. The molecule has 0 amide bonds. The van der Waals surface area contributed by atoms with E-state index in [1.54, 1.807) is 13.8 Å². The molecule has 12 aliphatic rings. The number of ether oxygens (including phenoxy) is 5. The lowest BCUT2D eigenvalue weighted by molar-refractivity contribution is -0.179. The zero-order chi connectivity index (χ0) is 35.7. The lowest BCUT2D eigenvalue weighted by Crippen LogP contribution is -2.65. The molecule has 0 aromatic heterocycles. The van der Waals surface area contributed by atoms with Gasteiger partial charge in [-0.3, -0.25) is 57.5 Å². The predicted molar refractivity (Wildman–Crippen MR) is 144 cm³/mol. The Balaban J connectivity index is 0.000000103. The Morgan fingerprint density at radius 1 is 0.440 bits per heavy atom. The van der Waals surface area contributed by atoms with Crippen molar-refractivity contribution in [3.05, 3.63) is 12.2 Å². The van der Waals surface area contributed by atoms with Gasteiger partial charge in [-0.05, 0) is 30.6 Å². The van der Waals surface area contributed by atoms with E-state index in [0.717, 1.165) is 0 Å². The van der Waals surface area contributed by atoms with Crippen LogP contribution in [0.4, 0.5) is 0 Å². The van der Waals surface area contributed by atoms with Crippen LogP contribution in [0.1, 0.15) is 20.3 Å². The number of allylic oxidation sites excluding steroid dienone is 2. The third-order valence-electron chi connectivity index (χ3n) is 13.4. The fourth-order valence-corrected chi connectivity index (χ4v) is 11.5. The van der Waals surface area contributed by atoms with E-state index >= 15 is 0 Å². The largest absolute Gasteiger partial charge is 0.393 e. The maximum Gasteiger partial charge on any atom is 0.321 e. The number of hydrogen-bond acceptors (Lipinski definition) is 17. The highest BCUT2D eigenvalue weighted by Gasteiger charge is 2.83. The van der Waals surface area contributed by atoms with Crippen LogP contribution >= 0.6 is 0 Å². The molecule has 7 aliphatic carbocycles. The Kier molecular flexibility index (Phi) is 5.74. The third-order valence-corrected chi connectivity index (χ3v) is 13.4. The minimum atomic E-state index is -1.10. The monoisotopic (exact) mass is 692 g/mol. The van der Waals surface area contributed by atoms with Crippen molar-refractivity contribution in [2.24, 2.45) is 93.7 Å². The average molecular weight is 693 g/mol. The van der Waals surface area contributed by atoms with E-state index in [1.165, 1.54) is 0 Å². The van der Waals surface area contributed by atoms with Crippen LogP contribution in [0, 0.1) is 93.7 Å². The van der Waals surface area contributed by atoms with Gasteiger partial charge in [0.15, 0.2) is 0 Å². The summed E-state index contributed by atoms with van der Waals surface area (Å²) in [6.07, 6.45) is 3.67. The molecule has 17 nitrogen and oxygen atoms in total. The lowest BCUT2D eigenvalue weighted by atomic mass is 9.40. The number of carbonyl (C=O) groups is 12. The van der Waals surface area contributed by atoms with Crippen molar-refractivity contribution in [2.75, 3.05) is 0 Å². The van der Waals surface area contributed by atoms with Crippen LogP contribution in [-0.4, -0.2) is 71.3 Å². The molecule has 5 saturated carbocycles. The number of cyclic esters (lactones) is 10. The topological polar surface area (TPSA) is 251 Å². The zero-order valence-corrected chi connectivity index (χ0v) is 25.9. The van der Waals surface area contributed by atoms with Gasteiger partial charge in [0.25, 0.3) is 0 Å². The van der Waals surface area contributed by atoms with Crippen molar-refractivity contribution in [1.82, 2.24) is 0 Å². The minimum absolute atomic E-state index is 0.0614. The van der Waals surface area contributed by atoms with E-state index in [-0.39, 0.29) is 41.7 Å². The molecule has 50 heavy (non-hydrogen) atoms. The standard InChI is InChI=1S/C14H10O6.C11H10O5.C8H4O6/c15-11-7-3-1-2-4(8(7)12(16)19-11)6-5(3)9-10(6)14(18)20-13(9)17;1-10-5(13)3-4(12)6(10)11(2)7(10)8(14)16-9(11)15;9-5-1-2(6(10)13-5)4-3(1)7(11)14-8(4)12/h1-10H;6-7H,3H2,1-2H3;1-4H. The van der Waals surface area contributed by atoms with Crippen molar-refractivity contribution < 1.29 is 81.2 Å². The van der Waals surface area contributed by atoms with Crippen molar-refractivity contribution in [2.45, 2.75) is 20.3 Å². The summed E-state index contributed by atoms with van der Waals surface area (Å²) in [6.45, 7) is 3.14. The Morgan fingerprint density at radius 3 is 1.20 bits per heavy atom. The molecule has 12 unspecified atom stereocenters. The van der Waals surface area contributed by atoms with Crippen LogP contribution in [0.15, 0.2) is 12.2 Å². The van der Waals surface area contributed by atoms with Gasteiger partial charge in [-0.25, -0.2) is 0 Å². The van der Waals surface area contributed by atoms with Crippen LogP contribution < -0.4 is 0 Å². The summed E-state index contributed by atoms with van der Waals surface area (Å²) < 4.78 is 22.8. The molecule has 10 fully saturated rings.